The largest absolute Gasteiger partial charge is 0.384 e. The lowest BCUT2D eigenvalue weighted by molar-refractivity contribution is 0.350. The summed E-state index contributed by atoms with van der Waals surface area (Å²) < 4.78 is 2.06. The van der Waals surface area contributed by atoms with Gasteiger partial charge in [0.1, 0.15) is 6.61 Å². The molecule has 1 aromatic heterocycles. The number of benzene rings is 2. The monoisotopic (exact) mass is 385 g/mol. The number of hydrogen-bond donors (Lipinski definition) is 1. The summed E-state index contributed by atoms with van der Waals surface area (Å²) in [5.74, 6) is 8.00. The molecule has 4 rings (SSSR count). The molecule has 1 atom stereocenters. The van der Waals surface area contributed by atoms with Crippen LogP contribution in [0.4, 0.5) is 0 Å². The molecule has 148 valence electrons. The predicted octanol–water partition coefficient (Wildman–Crippen LogP) is 4.44. The molecule has 0 bridgehead atoms. The minimum absolute atomic E-state index is 0.138. The Balaban J connectivity index is 1.59. The van der Waals surface area contributed by atoms with Crippen LogP contribution in [0.25, 0.3) is 11.4 Å². The summed E-state index contributed by atoms with van der Waals surface area (Å²) >= 11 is 0. The lowest BCUT2D eigenvalue weighted by Crippen LogP contribution is -2.05. The fraction of sp³-hybridized carbons (Fsp3) is 0.360. The van der Waals surface area contributed by atoms with Gasteiger partial charge < -0.3 is 5.11 Å². The van der Waals surface area contributed by atoms with E-state index in [1.54, 1.807) is 0 Å². The zero-order valence-electron chi connectivity index (χ0n) is 17.1. The van der Waals surface area contributed by atoms with Crippen molar-refractivity contribution < 1.29 is 5.11 Å². The molecule has 0 saturated heterocycles. The Morgan fingerprint density at radius 3 is 2.66 bits per heavy atom. The van der Waals surface area contributed by atoms with Crippen LogP contribution in [0.5, 0.6) is 0 Å². The average molecular weight is 386 g/mol. The Bertz CT molecular complexity index is 1040. The Hall–Kier alpha value is -2.90. The number of aliphatic hydroxyl groups is 1. The molecule has 4 heteroatoms. The molecule has 1 heterocycles. The SMILES string of the molecule is CC1(C)CC1c1nc(-c2cccc(C#CCO)c2)n(CCCc2ccccc2)n1. The van der Waals surface area contributed by atoms with Crippen LogP contribution in [-0.2, 0) is 13.0 Å². The van der Waals surface area contributed by atoms with E-state index in [4.69, 9.17) is 15.2 Å². The fourth-order valence-corrected chi connectivity index (χ4v) is 3.74. The number of aliphatic hydroxyl groups excluding tert-OH is 1. The second kappa shape index (κ2) is 8.23. The molecule has 1 saturated carbocycles. The third-order valence-electron chi connectivity index (χ3n) is 5.62. The fourth-order valence-electron chi connectivity index (χ4n) is 3.74. The first-order valence-corrected chi connectivity index (χ1v) is 10.3. The highest BCUT2D eigenvalue weighted by Gasteiger charge is 2.49. The molecule has 29 heavy (non-hydrogen) atoms. The van der Waals surface area contributed by atoms with Crippen molar-refractivity contribution in [1.82, 2.24) is 14.8 Å². The molecule has 0 amide bonds. The van der Waals surface area contributed by atoms with E-state index in [9.17, 15) is 0 Å². The predicted molar refractivity (Wildman–Crippen MR) is 115 cm³/mol. The van der Waals surface area contributed by atoms with E-state index in [1.165, 1.54) is 5.56 Å². The zero-order chi connectivity index (χ0) is 20.3. The normalized spacial score (nSPS) is 16.9. The van der Waals surface area contributed by atoms with E-state index in [-0.39, 0.29) is 6.61 Å². The van der Waals surface area contributed by atoms with Crippen molar-refractivity contribution in [3.05, 3.63) is 71.5 Å². The molecule has 4 nitrogen and oxygen atoms in total. The smallest absolute Gasteiger partial charge is 0.158 e. The standard InChI is InChI=1S/C25H27N3O/c1-25(2)18-22(25)23-26-24(21-14-6-11-20(17-21)13-8-16-29)28(27-23)15-7-12-19-9-4-3-5-10-19/h3-6,9-11,14,17,22,29H,7,12,15-16,18H2,1-2H3. The van der Waals surface area contributed by atoms with E-state index in [2.05, 4.69) is 66.8 Å². The number of rotatable bonds is 6. The number of aromatic nitrogens is 3. The topological polar surface area (TPSA) is 50.9 Å². The summed E-state index contributed by atoms with van der Waals surface area (Å²) in [5.41, 5.74) is 3.54. The van der Waals surface area contributed by atoms with Crippen LogP contribution in [0.3, 0.4) is 0 Å². The van der Waals surface area contributed by atoms with Gasteiger partial charge >= 0.3 is 0 Å². The van der Waals surface area contributed by atoms with E-state index in [0.717, 1.165) is 48.6 Å². The van der Waals surface area contributed by atoms with E-state index < -0.39 is 0 Å². The van der Waals surface area contributed by atoms with Gasteiger partial charge in [-0.1, -0.05) is 68.2 Å². The molecule has 0 radical (unpaired) electrons. The van der Waals surface area contributed by atoms with Crippen LogP contribution in [0.2, 0.25) is 0 Å². The third-order valence-corrected chi connectivity index (χ3v) is 5.62. The van der Waals surface area contributed by atoms with E-state index in [0.29, 0.717) is 11.3 Å². The minimum Gasteiger partial charge on any atom is -0.384 e. The molecule has 1 fully saturated rings. The Labute approximate surface area is 172 Å². The Kier molecular flexibility index (Phi) is 5.51. The highest BCUT2D eigenvalue weighted by Crippen LogP contribution is 2.57. The molecule has 1 N–H and O–H groups in total. The third kappa shape index (κ3) is 4.58. The van der Waals surface area contributed by atoms with E-state index >= 15 is 0 Å². The van der Waals surface area contributed by atoms with Gasteiger partial charge in [-0.3, -0.25) is 0 Å². The molecular weight excluding hydrogens is 358 g/mol. The first-order chi connectivity index (χ1) is 14.1. The van der Waals surface area contributed by atoms with Crippen LogP contribution in [0, 0.1) is 17.3 Å². The van der Waals surface area contributed by atoms with Gasteiger partial charge in [0, 0.05) is 23.6 Å². The second-order valence-corrected chi connectivity index (χ2v) is 8.39. The van der Waals surface area contributed by atoms with Crippen molar-refractivity contribution in [3.63, 3.8) is 0 Å². The Morgan fingerprint density at radius 2 is 1.93 bits per heavy atom. The van der Waals surface area contributed by atoms with Gasteiger partial charge in [0.15, 0.2) is 11.6 Å². The molecule has 0 spiro atoms. The van der Waals surface area contributed by atoms with Crippen molar-refractivity contribution in [3.8, 4) is 23.2 Å². The summed E-state index contributed by atoms with van der Waals surface area (Å²) in [7, 11) is 0. The summed E-state index contributed by atoms with van der Waals surface area (Å²) in [4.78, 5) is 4.94. The van der Waals surface area contributed by atoms with Crippen molar-refractivity contribution in [2.45, 2.75) is 45.6 Å². The molecule has 2 aromatic carbocycles. The zero-order valence-corrected chi connectivity index (χ0v) is 17.1. The van der Waals surface area contributed by atoms with E-state index in [1.807, 2.05) is 18.2 Å². The van der Waals surface area contributed by atoms with Crippen LogP contribution >= 0.6 is 0 Å². The highest BCUT2D eigenvalue weighted by atomic mass is 16.2. The number of nitrogens with zero attached hydrogens (tertiary/aromatic N) is 3. The van der Waals surface area contributed by atoms with Gasteiger partial charge in [-0.05, 0) is 42.4 Å². The molecule has 1 unspecified atom stereocenters. The molecular formula is C25H27N3O. The summed E-state index contributed by atoms with van der Waals surface area (Å²) in [6, 6.07) is 18.6. The van der Waals surface area contributed by atoms with Gasteiger partial charge in [-0.25, -0.2) is 9.67 Å². The quantitative estimate of drug-likeness (QED) is 0.639. The molecule has 1 aliphatic carbocycles. The highest BCUT2D eigenvalue weighted by molar-refractivity contribution is 5.59. The van der Waals surface area contributed by atoms with Crippen molar-refractivity contribution in [1.29, 1.82) is 0 Å². The van der Waals surface area contributed by atoms with Gasteiger partial charge in [0.25, 0.3) is 0 Å². The average Bonchev–Trinajstić information content (AvgIpc) is 3.18. The van der Waals surface area contributed by atoms with Crippen molar-refractivity contribution >= 4 is 0 Å². The number of aryl methyl sites for hydroxylation is 2. The van der Waals surface area contributed by atoms with Crippen molar-refractivity contribution in [2.75, 3.05) is 6.61 Å². The van der Waals surface area contributed by atoms with Crippen LogP contribution in [-0.4, -0.2) is 26.5 Å². The van der Waals surface area contributed by atoms with Gasteiger partial charge in [0.05, 0.1) is 0 Å². The van der Waals surface area contributed by atoms with Crippen molar-refractivity contribution in [2.24, 2.45) is 5.41 Å². The summed E-state index contributed by atoms with van der Waals surface area (Å²) in [6.07, 6.45) is 3.17. The maximum Gasteiger partial charge on any atom is 0.158 e. The minimum atomic E-state index is -0.138. The van der Waals surface area contributed by atoms with Crippen LogP contribution in [0.1, 0.15) is 49.6 Å². The first-order valence-electron chi connectivity index (χ1n) is 10.3. The summed E-state index contributed by atoms with van der Waals surface area (Å²) in [5, 5.41) is 13.9. The van der Waals surface area contributed by atoms with Crippen LogP contribution < -0.4 is 0 Å². The lowest BCUT2D eigenvalue weighted by Gasteiger charge is -2.07. The Morgan fingerprint density at radius 1 is 1.14 bits per heavy atom. The maximum atomic E-state index is 8.97. The number of hydrogen-bond acceptors (Lipinski definition) is 3. The maximum absolute atomic E-state index is 8.97. The van der Waals surface area contributed by atoms with Gasteiger partial charge in [0.2, 0.25) is 0 Å². The first kappa shape index (κ1) is 19.4. The van der Waals surface area contributed by atoms with Gasteiger partial charge in [-0.15, -0.1) is 0 Å². The molecule has 0 aliphatic heterocycles. The second-order valence-electron chi connectivity index (χ2n) is 8.39. The van der Waals surface area contributed by atoms with Crippen LogP contribution in [0.15, 0.2) is 54.6 Å². The molecule has 1 aliphatic rings. The molecule has 3 aromatic rings. The van der Waals surface area contributed by atoms with Gasteiger partial charge in [-0.2, -0.15) is 5.10 Å². The lowest BCUT2D eigenvalue weighted by atomic mass is 10.1. The summed E-state index contributed by atoms with van der Waals surface area (Å²) in [6.45, 7) is 5.24.